The summed E-state index contributed by atoms with van der Waals surface area (Å²) in [5.74, 6) is 1.35. The van der Waals surface area contributed by atoms with Gasteiger partial charge in [-0.05, 0) is 45.2 Å². The number of imidazole rings is 2. The first-order valence-corrected chi connectivity index (χ1v) is 11.5. The molecule has 9 nitrogen and oxygen atoms in total. The van der Waals surface area contributed by atoms with Crippen LogP contribution in [0.4, 0.5) is 10.2 Å². The van der Waals surface area contributed by atoms with Crippen LogP contribution in [0, 0.1) is 5.82 Å². The summed E-state index contributed by atoms with van der Waals surface area (Å²) in [6, 6.07) is 3.03. The number of ether oxygens (including phenoxy) is 2. The summed E-state index contributed by atoms with van der Waals surface area (Å²) in [5, 5.41) is 3.47. The highest BCUT2D eigenvalue weighted by Gasteiger charge is 2.28. The summed E-state index contributed by atoms with van der Waals surface area (Å²) in [4.78, 5) is 18.4. The highest BCUT2D eigenvalue weighted by Crippen LogP contribution is 2.38. The zero-order valence-electron chi connectivity index (χ0n) is 18.7. The van der Waals surface area contributed by atoms with Crippen molar-refractivity contribution in [1.82, 2.24) is 29.1 Å². The van der Waals surface area contributed by atoms with E-state index in [1.54, 1.807) is 18.7 Å². The topological polar surface area (TPSA) is 91.9 Å². The molecule has 1 saturated heterocycles. The predicted octanol–water partition coefficient (Wildman–Crippen LogP) is 4.53. The SMILES string of the molecule is C[C@H](Nc1ncnc2c1ncn2C1CCCCO1)c1nc2ccc(F)c3c2n1[C@H](C)CCO3. The molecule has 5 heterocycles. The van der Waals surface area contributed by atoms with Gasteiger partial charge in [0.15, 0.2) is 28.5 Å². The minimum atomic E-state index is -0.363. The van der Waals surface area contributed by atoms with Crippen LogP contribution in [-0.2, 0) is 4.74 Å². The molecule has 3 aromatic heterocycles. The number of fused-ring (bicyclic) bond motifs is 1. The molecular weight excluding hydrogens is 425 g/mol. The number of nitrogens with zero attached hydrogens (tertiary/aromatic N) is 6. The number of benzene rings is 1. The van der Waals surface area contributed by atoms with Gasteiger partial charge in [-0.2, -0.15) is 0 Å². The molecule has 2 aliphatic heterocycles. The van der Waals surface area contributed by atoms with Crippen molar-refractivity contribution in [3.63, 3.8) is 0 Å². The van der Waals surface area contributed by atoms with Crippen LogP contribution in [0.25, 0.3) is 22.2 Å². The first kappa shape index (κ1) is 20.3. The molecule has 0 radical (unpaired) electrons. The van der Waals surface area contributed by atoms with Gasteiger partial charge < -0.3 is 19.4 Å². The number of aromatic nitrogens is 6. The molecule has 0 amide bonds. The van der Waals surface area contributed by atoms with Gasteiger partial charge >= 0.3 is 0 Å². The maximum absolute atomic E-state index is 14.5. The van der Waals surface area contributed by atoms with Crippen molar-refractivity contribution < 1.29 is 13.9 Å². The lowest BCUT2D eigenvalue weighted by Crippen LogP contribution is -2.18. The molecule has 6 rings (SSSR count). The van der Waals surface area contributed by atoms with E-state index in [1.807, 2.05) is 11.5 Å². The van der Waals surface area contributed by atoms with Gasteiger partial charge in [-0.1, -0.05) is 0 Å². The summed E-state index contributed by atoms with van der Waals surface area (Å²) >= 11 is 0. The Morgan fingerprint density at radius 1 is 1.15 bits per heavy atom. The standard InChI is InChI=1S/C23H26FN7O2/c1-13-8-10-33-20-15(24)6-7-16-19(20)31(13)22(29-16)14(2)28-21-18-23(26-11-25-21)30(12-27-18)17-5-3-4-9-32-17/h6-7,11-14,17H,3-5,8-10H2,1-2H3,(H,25,26,28)/t13-,14+,17?/m1/s1. The number of hydrogen-bond donors (Lipinski definition) is 1. The second-order valence-electron chi connectivity index (χ2n) is 8.80. The summed E-state index contributed by atoms with van der Waals surface area (Å²) in [7, 11) is 0. The Labute approximate surface area is 190 Å². The molecule has 10 heteroatoms. The fraction of sp³-hybridized carbons (Fsp3) is 0.478. The van der Waals surface area contributed by atoms with Crippen LogP contribution in [-0.4, -0.2) is 42.3 Å². The lowest BCUT2D eigenvalue weighted by molar-refractivity contribution is -0.0298. The van der Waals surface area contributed by atoms with E-state index in [0.717, 1.165) is 49.3 Å². The minimum absolute atomic E-state index is 0.0519. The number of nitrogens with one attached hydrogen (secondary N) is 1. The highest BCUT2D eigenvalue weighted by atomic mass is 19.1. The highest BCUT2D eigenvalue weighted by molar-refractivity contribution is 5.85. The average molecular weight is 452 g/mol. The van der Waals surface area contributed by atoms with Gasteiger partial charge in [-0.15, -0.1) is 0 Å². The zero-order chi connectivity index (χ0) is 22.5. The molecule has 33 heavy (non-hydrogen) atoms. The Kier molecular flexibility index (Phi) is 4.90. The minimum Gasteiger partial charge on any atom is -0.488 e. The quantitative estimate of drug-likeness (QED) is 0.487. The molecule has 1 N–H and O–H groups in total. The van der Waals surface area contributed by atoms with Gasteiger partial charge in [0.25, 0.3) is 0 Å². The van der Waals surface area contributed by atoms with Crippen molar-refractivity contribution in [3.8, 4) is 5.75 Å². The van der Waals surface area contributed by atoms with Crippen molar-refractivity contribution in [3.05, 3.63) is 36.4 Å². The molecule has 0 saturated carbocycles. The van der Waals surface area contributed by atoms with Gasteiger partial charge in [-0.25, -0.2) is 24.3 Å². The molecular formula is C23H26FN7O2. The van der Waals surface area contributed by atoms with E-state index in [4.69, 9.17) is 14.5 Å². The second kappa shape index (κ2) is 7.95. The van der Waals surface area contributed by atoms with Crippen LogP contribution in [0.1, 0.15) is 63.7 Å². The van der Waals surface area contributed by atoms with Gasteiger partial charge in [0, 0.05) is 19.1 Å². The smallest absolute Gasteiger partial charge is 0.180 e. The van der Waals surface area contributed by atoms with Crippen LogP contribution >= 0.6 is 0 Å². The van der Waals surface area contributed by atoms with Crippen LogP contribution in [0.15, 0.2) is 24.8 Å². The number of anilines is 1. The fourth-order valence-corrected chi connectivity index (χ4v) is 4.88. The first-order chi connectivity index (χ1) is 16.1. The van der Waals surface area contributed by atoms with E-state index in [1.165, 1.54) is 6.07 Å². The summed E-state index contributed by atoms with van der Waals surface area (Å²) in [6.45, 7) is 5.34. The normalized spacial score (nSPS) is 21.7. The van der Waals surface area contributed by atoms with E-state index in [-0.39, 0.29) is 29.9 Å². The van der Waals surface area contributed by atoms with Crippen molar-refractivity contribution >= 4 is 28.0 Å². The molecule has 0 bridgehead atoms. The van der Waals surface area contributed by atoms with Crippen molar-refractivity contribution in [2.75, 3.05) is 18.5 Å². The van der Waals surface area contributed by atoms with Crippen LogP contribution in [0.2, 0.25) is 0 Å². The largest absolute Gasteiger partial charge is 0.488 e. The summed E-state index contributed by atoms with van der Waals surface area (Å²) in [6.07, 6.45) is 7.18. The van der Waals surface area contributed by atoms with Crippen LogP contribution in [0.3, 0.4) is 0 Å². The second-order valence-corrected chi connectivity index (χ2v) is 8.80. The Balaban J connectivity index is 1.38. The predicted molar refractivity (Wildman–Crippen MR) is 121 cm³/mol. The third-order valence-corrected chi connectivity index (χ3v) is 6.57. The van der Waals surface area contributed by atoms with Crippen LogP contribution in [0.5, 0.6) is 5.75 Å². The third-order valence-electron chi connectivity index (χ3n) is 6.57. The number of rotatable bonds is 4. The van der Waals surface area contributed by atoms with Gasteiger partial charge in [0.05, 0.1) is 24.5 Å². The molecule has 4 aromatic rings. The van der Waals surface area contributed by atoms with Gasteiger partial charge in [0.1, 0.15) is 23.9 Å². The number of hydrogen-bond acceptors (Lipinski definition) is 7. The molecule has 1 aromatic carbocycles. The maximum Gasteiger partial charge on any atom is 0.180 e. The molecule has 3 atom stereocenters. The Hall–Kier alpha value is -3.27. The van der Waals surface area contributed by atoms with E-state index in [2.05, 4.69) is 31.8 Å². The van der Waals surface area contributed by atoms with Crippen molar-refractivity contribution in [2.24, 2.45) is 0 Å². The van der Waals surface area contributed by atoms with Crippen molar-refractivity contribution in [1.29, 1.82) is 0 Å². The third kappa shape index (κ3) is 3.31. The number of halogens is 1. The van der Waals surface area contributed by atoms with Crippen LogP contribution < -0.4 is 10.1 Å². The lowest BCUT2D eigenvalue weighted by Gasteiger charge is -2.23. The Morgan fingerprint density at radius 2 is 2.06 bits per heavy atom. The van der Waals surface area contributed by atoms with E-state index >= 15 is 0 Å². The summed E-state index contributed by atoms with van der Waals surface area (Å²) in [5.41, 5.74) is 2.85. The maximum atomic E-state index is 14.5. The van der Waals surface area contributed by atoms with Gasteiger partial charge in [-0.3, -0.25) is 4.57 Å². The summed E-state index contributed by atoms with van der Waals surface area (Å²) < 4.78 is 30.3. The monoisotopic (exact) mass is 451 g/mol. The van der Waals surface area contributed by atoms with Crippen molar-refractivity contribution in [2.45, 2.75) is 57.8 Å². The lowest BCUT2D eigenvalue weighted by atomic mass is 10.2. The molecule has 0 spiro atoms. The van der Waals surface area contributed by atoms with E-state index < -0.39 is 0 Å². The first-order valence-electron chi connectivity index (χ1n) is 11.5. The zero-order valence-corrected chi connectivity index (χ0v) is 18.7. The molecule has 1 unspecified atom stereocenters. The van der Waals surface area contributed by atoms with E-state index in [0.29, 0.717) is 23.5 Å². The molecule has 172 valence electrons. The average Bonchev–Trinajstić information content (AvgIpc) is 3.39. The Bertz CT molecular complexity index is 1330. The van der Waals surface area contributed by atoms with E-state index in [9.17, 15) is 4.39 Å². The molecule has 2 aliphatic rings. The molecule has 1 fully saturated rings. The fourth-order valence-electron chi connectivity index (χ4n) is 4.88. The van der Waals surface area contributed by atoms with Gasteiger partial charge in [0.2, 0.25) is 0 Å². The molecule has 0 aliphatic carbocycles. The Morgan fingerprint density at radius 3 is 2.91 bits per heavy atom.